The van der Waals surface area contributed by atoms with Crippen LogP contribution in [0, 0.1) is 13.8 Å². The Balaban J connectivity index is 1.62. The molecular formula is C22H25N3O3S2. The van der Waals surface area contributed by atoms with E-state index < -0.39 is 10.0 Å². The first-order chi connectivity index (χ1) is 14.3. The van der Waals surface area contributed by atoms with Crippen LogP contribution in [-0.2, 0) is 10.0 Å². The second-order valence-electron chi connectivity index (χ2n) is 7.81. The summed E-state index contributed by atoms with van der Waals surface area (Å²) in [7, 11) is -3.64. The van der Waals surface area contributed by atoms with Gasteiger partial charge >= 0.3 is 0 Å². The van der Waals surface area contributed by atoms with Crippen molar-refractivity contribution in [3.05, 3.63) is 52.5 Å². The third-order valence-corrected chi connectivity index (χ3v) is 8.50. The van der Waals surface area contributed by atoms with Crippen LogP contribution in [0.15, 0.2) is 41.3 Å². The molecule has 1 unspecified atom stereocenters. The molecule has 8 heteroatoms. The zero-order valence-corrected chi connectivity index (χ0v) is 18.9. The largest absolute Gasteiger partial charge is 0.322 e. The number of sulfonamides is 1. The van der Waals surface area contributed by atoms with Crippen LogP contribution in [-0.4, -0.2) is 36.2 Å². The molecule has 1 aliphatic heterocycles. The van der Waals surface area contributed by atoms with Crippen molar-refractivity contribution in [2.75, 3.05) is 11.9 Å². The lowest BCUT2D eigenvalue weighted by atomic mass is 10.1. The maximum atomic E-state index is 13.2. The quantitative estimate of drug-likeness (QED) is 0.632. The molecule has 1 atom stereocenters. The Morgan fingerprint density at radius 1 is 1.17 bits per heavy atom. The fraction of sp³-hybridized carbons (Fsp3) is 0.364. The van der Waals surface area contributed by atoms with Crippen molar-refractivity contribution in [2.45, 2.75) is 51.0 Å². The molecule has 3 aromatic rings. The van der Waals surface area contributed by atoms with Crippen LogP contribution in [0.2, 0.25) is 0 Å². The number of nitrogens with one attached hydrogen (secondary N) is 1. The molecular weight excluding hydrogens is 418 g/mol. The second-order valence-corrected chi connectivity index (χ2v) is 10.9. The van der Waals surface area contributed by atoms with E-state index in [9.17, 15) is 13.2 Å². The smallest absolute Gasteiger partial charge is 0.255 e. The summed E-state index contributed by atoms with van der Waals surface area (Å²) < 4.78 is 28.9. The molecule has 1 aromatic heterocycles. The first-order valence-electron chi connectivity index (χ1n) is 10.1. The molecule has 0 aliphatic carbocycles. The second kappa shape index (κ2) is 8.09. The maximum absolute atomic E-state index is 13.2. The highest BCUT2D eigenvalue weighted by Gasteiger charge is 2.31. The highest BCUT2D eigenvalue weighted by atomic mass is 32.2. The maximum Gasteiger partial charge on any atom is 0.255 e. The molecule has 30 heavy (non-hydrogen) atoms. The Kier molecular flexibility index (Phi) is 5.65. The normalized spacial score (nSPS) is 17.9. The molecule has 4 rings (SSSR count). The third kappa shape index (κ3) is 3.99. The minimum atomic E-state index is -3.64. The van der Waals surface area contributed by atoms with Crippen LogP contribution in [0.1, 0.15) is 47.1 Å². The van der Waals surface area contributed by atoms with Gasteiger partial charge in [-0.3, -0.25) is 4.79 Å². The summed E-state index contributed by atoms with van der Waals surface area (Å²) in [5, 5.41) is 3.87. The number of amides is 1. The van der Waals surface area contributed by atoms with Gasteiger partial charge in [0, 0.05) is 23.8 Å². The summed E-state index contributed by atoms with van der Waals surface area (Å²) in [5.74, 6) is -0.322. The van der Waals surface area contributed by atoms with Crippen molar-refractivity contribution in [3.8, 4) is 0 Å². The molecule has 0 spiro atoms. The predicted molar refractivity (Wildman–Crippen MR) is 121 cm³/mol. The fourth-order valence-corrected chi connectivity index (χ4v) is 6.48. The van der Waals surface area contributed by atoms with Crippen LogP contribution in [0.4, 0.5) is 5.69 Å². The van der Waals surface area contributed by atoms with Gasteiger partial charge in [0.05, 0.1) is 20.1 Å². The molecule has 1 fully saturated rings. The molecule has 0 radical (unpaired) electrons. The zero-order chi connectivity index (χ0) is 21.5. The van der Waals surface area contributed by atoms with E-state index in [4.69, 9.17) is 0 Å². The van der Waals surface area contributed by atoms with Gasteiger partial charge in [-0.1, -0.05) is 12.5 Å². The monoisotopic (exact) mass is 443 g/mol. The Labute approximate surface area is 181 Å². The molecule has 0 saturated carbocycles. The van der Waals surface area contributed by atoms with E-state index in [2.05, 4.69) is 10.3 Å². The number of nitrogens with zero attached hydrogens (tertiary/aromatic N) is 2. The number of aromatic nitrogens is 1. The van der Waals surface area contributed by atoms with Gasteiger partial charge in [-0.05, 0) is 69.5 Å². The third-order valence-electron chi connectivity index (χ3n) is 5.56. The lowest BCUT2D eigenvalue weighted by Crippen LogP contribution is -2.42. The summed E-state index contributed by atoms with van der Waals surface area (Å²) in [5.41, 5.74) is 2.65. The summed E-state index contributed by atoms with van der Waals surface area (Å²) in [6.45, 7) is 6.22. The molecule has 2 heterocycles. The fourth-order valence-electron chi connectivity index (χ4n) is 3.89. The minimum Gasteiger partial charge on any atom is -0.322 e. The highest BCUT2D eigenvalue weighted by Crippen LogP contribution is 2.28. The molecule has 2 aromatic carbocycles. The summed E-state index contributed by atoms with van der Waals surface area (Å²) in [6.07, 6.45) is 2.76. The van der Waals surface area contributed by atoms with Gasteiger partial charge < -0.3 is 5.32 Å². The lowest BCUT2D eigenvalue weighted by molar-refractivity contribution is 0.102. The molecule has 1 amide bonds. The number of hydrogen-bond acceptors (Lipinski definition) is 5. The minimum absolute atomic E-state index is 0.0306. The molecule has 1 saturated heterocycles. The Hall–Kier alpha value is -2.29. The predicted octanol–water partition coefficient (Wildman–Crippen LogP) is 4.73. The number of aryl methyl sites for hydroxylation is 2. The average molecular weight is 444 g/mol. The topological polar surface area (TPSA) is 79.4 Å². The van der Waals surface area contributed by atoms with Crippen LogP contribution >= 0.6 is 11.3 Å². The number of rotatable bonds is 4. The SMILES string of the molecule is Cc1nc2ccc(NC(=O)c3cc(S(=O)(=O)N4CCCCC4C)ccc3C)cc2s1. The Morgan fingerprint density at radius 3 is 2.73 bits per heavy atom. The van der Waals surface area contributed by atoms with Crippen LogP contribution in [0.25, 0.3) is 10.2 Å². The van der Waals surface area contributed by atoms with Gasteiger partial charge in [-0.2, -0.15) is 4.31 Å². The van der Waals surface area contributed by atoms with Crippen molar-refractivity contribution < 1.29 is 13.2 Å². The summed E-state index contributed by atoms with van der Waals surface area (Å²) in [4.78, 5) is 17.6. The summed E-state index contributed by atoms with van der Waals surface area (Å²) >= 11 is 1.57. The van der Waals surface area contributed by atoms with Crippen LogP contribution in [0.5, 0.6) is 0 Å². The number of benzene rings is 2. The van der Waals surface area contributed by atoms with Gasteiger partial charge in [0.2, 0.25) is 10.0 Å². The Morgan fingerprint density at radius 2 is 1.97 bits per heavy atom. The summed E-state index contributed by atoms with van der Waals surface area (Å²) in [6, 6.07) is 10.3. The number of hydrogen-bond donors (Lipinski definition) is 1. The van der Waals surface area contributed by atoms with E-state index in [0.717, 1.165) is 40.1 Å². The van der Waals surface area contributed by atoms with Gasteiger partial charge in [-0.25, -0.2) is 13.4 Å². The van der Waals surface area contributed by atoms with Gasteiger partial charge in [0.15, 0.2) is 0 Å². The Bertz CT molecular complexity index is 1220. The van der Waals surface area contributed by atoms with Crippen molar-refractivity contribution in [2.24, 2.45) is 0 Å². The highest BCUT2D eigenvalue weighted by molar-refractivity contribution is 7.89. The number of carbonyl (C=O) groups is 1. The number of thiazole rings is 1. The van der Waals surface area contributed by atoms with Crippen molar-refractivity contribution in [1.29, 1.82) is 0 Å². The van der Waals surface area contributed by atoms with E-state index in [1.54, 1.807) is 27.8 Å². The van der Waals surface area contributed by atoms with Gasteiger partial charge in [-0.15, -0.1) is 11.3 Å². The first kappa shape index (κ1) is 21.0. The molecule has 0 bridgehead atoms. The number of carbonyl (C=O) groups excluding carboxylic acids is 1. The van der Waals surface area contributed by atoms with Gasteiger partial charge in [0.1, 0.15) is 0 Å². The number of anilines is 1. The number of fused-ring (bicyclic) bond motifs is 1. The van der Waals surface area contributed by atoms with E-state index in [1.165, 1.54) is 6.07 Å². The first-order valence-corrected chi connectivity index (χ1v) is 12.3. The number of piperidine rings is 1. The molecule has 1 aliphatic rings. The average Bonchev–Trinajstić information content (AvgIpc) is 3.07. The van der Waals surface area contributed by atoms with E-state index >= 15 is 0 Å². The van der Waals surface area contributed by atoms with Crippen molar-refractivity contribution >= 4 is 43.2 Å². The lowest BCUT2D eigenvalue weighted by Gasteiger charge is -2.32. The van der Waals surface area contributed by atoms with Crippen LogP contribution < -0.4 is 5.32 Å². The van der Waals surface area contributed by atoms with Crippen molar-refractivity contribution in [1.82, 2.24) is 9.29 Å². The zero-order valence-electron chi connectivity index (χ0n) is 17.3. The molecule has 158 valence electrons. The van der Waals surface area contributed by atoms with E-state index in [1.807, 2.05) is 39.0 Å². The molecule has 1 N–H and O–H groups in total. The van der Waals surface area contributed by atoms with Gasteiger partial charge in [0.25, 0.3) is 5.91 Å². The van der Waals surface area contributed by atoms with E-state index in [-0.39, 0.29) is 16.8 Å². The van der Waals surface area contributed by atoms with E-state index in [0.29, 0.717) is 17.8 Å². The van der Waals surface area contributed by atoms with Crippen molar-refractivity contribution in [3.63, 3.8) is 0 Å². The standard InChI is InChI=1S/C22H25N3O3S2/c1-14-7-9-18(30(27,28)25-11-5-4-6-15(25)2)13-19(14)22(26)24-17-8-10-20-21(12-17)29-16(3)23-20/h7-10,12-13,15H,4-6,11H2,1-3H3,(H,24,26). The van der Waals surface area contributed by atoms with Crippen LogP contribution in [0.3, 0.4) is 0 Å². The molecule has 6 nitrogen and oxygen atoms in total.